The molecule has 27 heavy (non-hydrogen) atoms. The predicted molar refractivity (Wildman–Crippen MR) is 96.1 cm³/mol. The fraction of sp³-hybridized carbons (Fsp3) is 0.650. The molecule has 1 saturated carbocycles. The fourth-order valence-corrected chi connectivity index (χ4v) is 4.31. The van der Waals surface area contributed by atoms with Gasteiger partial charge >= 0.3 is 6.18 Å². The van der Waals surface area contributed by atoms with E-state index in [2.05, 4.69) is 5.32 Å². The Bertz CT molecular complexity index is 651. The first-order valence-corrected chi connectivity index (χ1v) is 9.61. The standard InChI is InChI=1S/C20H27F3N2O2/c21-20(22,23)16-5-3-4-15(12-16)19(8-1-2-9-19)13-25-18(26)17(24)14-6-10-27-11-7-14/h3-5,12,14,17H,1-2,6-11,13,24H2,(H,25,26). The van der Waals surface area contributed by atoms with Crippen LogP contribution in [-0.4, -0.2) is 31.7 Å². The minimum atomic E-state index is -4.37. The summed E-state index contributed by atoms with van der Waals surface area (Å²) in [4.78, 5) is 12.5. The number of hydrogen-bond acceptors (Lipinski definition) is 3. The first-order valence-electron chi connectivity index (χ1n) is 9.61. The third-order valence-electron chi connectivity index (χ3n) is 6.04. The van der Waals surface area contributed by atoms with E-state index in [1.165, 1.54) is 12.1 Å². The Kier molecular flexibility index (Phi) is 6.11. The van der Waals surface area contributed by atoms with Crippen LogP contribution in [0, 0.1) is 5.92 Å². The summed E-state index contributed by atoms with van der Waals surface area (Å²) in [6, 6.07) is 4.91. The van der Waals surface area contributed by atoms with Crippen molar-refractivity contribution in [2.75, 3.05) is 19.8 Å². The first kappa shape index (κ1) is 20.1. The number of benzene rings is 1. The molecule has 1 amide bonds. The van der Waals surface area contributed by atoms with Gasteiger partial charge in [0.15, 0.2) is 0 Å². The number of nitrogens with two attached hydrogens (primary N) is 1. The average molecular weight is 384 g/mol. The number of alkyl halides is 3. The molecule has 0 radical (unpaired) electrons. The second kappa shape index (κ2) is 8.19. The van der Waals surface area contributed by atoms with Crippen LogP contribution < -0.4 is 11.1 Å². The molecule has 2 fully saturated rings. The lowest BCUT2D eigenvalue weighted by Crippen LogP contribution is -2.50. The Balaban J connectivity index is 1.71. The van der Waals surface area contributed by atoms with Crippen molar-refractivity contribution in [1.82, 2.24) is 5.32 Å². The van der Waals surface area contributed by atoms with E-state index >= 15 is 0 Å². The van der Waals surface area contributed by atoms with Crippen LogP contribution in [0.15, 0.2) is 24.3 Å². The molecule has 1 unspecified atom stereocenters. The van der Waals surface area contributed by atoms with Crippen molar-refractivity contribution in [2.45, 2.75) is 56.2 Å². The molecule has 7 heteroatoms. The van der Waals surface area contributed by atoms with Crippen LogP contribution in [0.4, 0.5) is 13.2 Å². The van der Waals surface area contributed by atoms with E-state index in [-0.39, 0.29) is 11.8 Å². The molecular weight excluding hydrogens is 357 g/mol. The first-order chi connectivity index (χ1) is 12.8. The molecule has 1 aromatic carbocycles. The maximum Gasteiger partial charge on any atom is 0.416 e. The van der Waals surface area contributed by atoms with E-state index in [1.807, 2.05) is 0 Å². The maximum absolute atomic E-state index is 13.1. The SMILES string of the molecule is NC(C(=O)NCC1(c2cccc(C(F)(F)F)c2)CCCC1)C1CCOCC1. The van der Waals surface area contributed by atoms with Gasteiger partial charge in [-0.05, 0) is 43.2 Å². The number of rotatable bonds is 5. The molecule has 0 aromatic heterocycles. The summed E-state index contributed by atoms with van der Waals surface area (Å²) >= 11 is 0. The van der Waals surface area contributed by atoms with E-state index in [9.17, 15) is 18.0 Å². The van der Waals surface area contributed by atoms with Gasteiger partial charge < -0.3 is 15.8 Å². The Labute approximate surface area is 157 Å². The minimum absolute atomic E-state index is 0.0897. The van der Waals surface area contributed by atoms with Crippen LogP contribution in [-0.2, 0) is 21.1 Å². The lowest BCUT2D eigenvalue weighted by atomic mass is 9.78. The second-order valence-corrected chi connectivity index (χ2v) is 7.76. The zero-order valence-electron chi connectivity index (χ0n) is 15.4. The van der Waals surface area contributed by atoms with E-state index in [1.54, 1.807) is 6.07 Å². The number of hydrogen-bond donors (Lipinski definition) is 2. The number of carbonyl (C=O) groups is 1. The highest BCUT2D eigenvalue weighted by molar-refractivity contribution is 5.82. The van der Waals surface area contributed by atoms with E-state index in [0.717, 1.165) is 44.6 Å². The molecule has 1 saturated heterocycles. The van der Waals surface area contributed by atoms with Gasteiger partial charge in [-0.15, -0.1) is 0 Å². The van der Waals surface area contributed by atoms with Gasteiger partial charge in [-0.3, -0.25) is 4.79 Å². The lowest BCUT2D eigenvalue weighted by molar-refractivity contribution is -0.137. The largest absolute Gasteiger partial charge is 0.416 e. The zero-order valence-corrected chi connectivity index (χ0v) is 15.4. The van der Waals surface area contributed by atoms with Gasteiger partial charge in [-0.2, -0.15) is 13.2 Å². The molecule has 4 nitrogen and oxygen atoms in total. The maximum atomic E-state index is 13.1. The summed E-state index contributed by atoms with van der Waals surface area (Å²) in [5.74, 6) is -0.132. The number of nitrogens with one attached hydrogen (secondary N) is 1. The summed E-state index contributed by atoms with van der Waals surface area (Å²) in [6.45, 7) is 1.55. The van der Waals surface area contributed by atoms with Crippen LogP contribution in [0.3, 0.4) is 0 Å². The van der Waals surface area contributed by atoms with Gasteiger partial charge in [0.2, 0.25) is 5.91 Å². The van der Waals surface area contributed by atoms with E-state index in [0.29, 0.717) is 25.3 Å². The highest BCUT2D eigenvalue weighted by Gasteiger charge is 2.39. The number of carbonyl (C=O) groups excluding carboxylic acids is 1. The third-order valence-corrected chi connectivity index (χ3v) is 6.04. The van der Waals surface area contributed by atoms with Gasteiger partial charge in [0, 0.05) is 25.2 Å². The van der Waals surface area contributed by atoms with Gasteiger partial charge in [-0.1, -0.05) is 31.0 Å². The molecule has 1 heterocycles. The zero-order chi connectivity index (χ0) is 19.5. The predicted octanol–water partition coefficient (Wildman–Crippen LogP) is 3.39. The Hall–Kier alpha value is -1.60. The molecule has 0 bridgehead atoms. The van der Waals surface area contributed by atoms with Gasteiger partial charge in [0.05, 0.1) is 11.6 Å². The molecule has 1 aromatic rings. The highest BCUT2D eigenvalue weighted by Crippen LogP contribution is 2.42. The van der Waals surface area contributed by atoms with Crippen molar-refractivity contribution in [3.8, 4) is 0 Å². The lowest BCUT2D eigenvalue weighted by Gasteiger charge is -2.32. The highest BCUT2D eigenvalue weighted by atomic mass is 19.4. The van der Waals surface area contributed by atoms with Crippen molar-refractivity contribution in [3.63, 3.8) is 0 Å². The summed E-state index contributed by atoms with van der Waals surface area (Å²) in [5, 5.41) is 2.93. The van der Waals surface area contributed by atoms with Gasteiger partial charge in [-0.25, -0.2) is 0 Å². The molecule has 3 rings (SSSR count). The fourth-order valence-electron chi connectivity index (χ4n) is 4.31. The summed E-state index contributed by atoms with van der Waals surface area (Å²) in [7, 11) is 0. The van der Waals surface area contributed by atoms with Crippen LogP contribution in [0.1, 0.15) is 49.7 Å². The van der Waals surface area contributed by atoms with Crippen LogP contribution >= 0.6 is 0 Å². The van der Waals surface area contributed by atoms with Crippen molar-refractivity contribution >= 4 is 5.91 Å². The van der Waals surface area contributed by atoms with E-state index < -0.39 is 23.2 Å². The van der Waals surface area contributed by atoms with Crippen molar-refractivity contribution < 1.29 is 22.7 Å². The van der Waals surface area contributed by atoms with Crippen LogP contribution in [0.25, 0.3) is 0 Å². The summed E-state index contributed by atoms with van der Waals surface area (Å²) in [5.41, 5.74) is 5.68. The topological polar surface area (TPSA) is 64.4 Å². The van der Waals surface area contributed by atoms with Gasteiger partial charge in [0.25, 0.3) is 0 Å². The van der Waals surface area contributed by atoms with Crippen molar-refractivity contribution in [2.24, 2.45) is 11.7 Å². The molecule has 150 valence electrons. The molecular formula is C20H27F3N2O2. The van der Waals surface area contributed by atoms with Crippen LogP contribution in [0.2, 0.25) is 0 Å². The number of ether oxygens (including phenoxy) is 1. The Morgan fingerprint density at radius 1 is 1.26 bits per heavy atom. The summed E-state index contributed by atoms with van der Waals surface area (Å²) in [6.07, 6.45) is 0.559. The van der Waals surface area contributed by atoms with Crippen molar-refractivity contribution in [1.29, 1.82) is 0 Å². The number of amides is 1. The molecule has 1 atom stereocenters. The Morgan fingerprint density at radius 2 is 1.93 bits per heavy atom. The molecule has 1 aliphatic carbocycles. The van der Waals surface area contributed by atoms with Crippen molar-refractivity contribution in [3.05, 3.63) is 35.4 Å². The third kappa shape index (κ3) is 4.63. The minimum Gasteiger partial charge on any atom is -0.381 e. The van der Waals surface area contributed by atoms with Crippen LogP contribution in [0.5, 0.6) is 0 Å². The van der Waals surface area contributed by atoms with E-state index in [4.69, 9.17) is 10.5 Å². The van der Waals surface area contributed by atoms with Gasteiger partial charge in [0.1, 0.15) is 0 Å². The normalized spacial score (nSPS) is 21.8. The average Bonchev–Trinajstić information content (AvgIpc) is 3.16. The molecule has 2 aliphatic rings. The molecule has 1 aliphatic heterocycles. The quantitative estimate of drug-likeness (QED) is 0.818. The number of halogens is 3. The Morgan fingerprint density at radius 3 is 2.56 bits per heavy atom. The summed E-state index contributed by atoms with van der Waals surface area (Å²) < 4.78 is 44.6. The molecule has 3 N–H and O–H groups in total. The smallest absolute Gasteiger partial charge is 0.381 e. The second-order valence-electron chi connectivity index (χ2n) is 7.76. The molecule has 0 spiro atoms. The monoisotopic (exact) mass is 384 g/mol.